The lowest BCUT2D eigenvalue weighted by molar-refractivity contribution is -0.165. The van der Waals surface area contributed by atoms with E-state index in [-0.39, 0.29) is 25.3 Å². The molecule has 0 aromatic heterocycles. The smallest absolute Gasteiger partial charge is 0.314 e. The number of hydrogen-bond acceptors (Lipinski definition) is 3. The summed E-state index contributed by atoms with van der Waals surface area (Å²) in [6.07, 6.45) is 1.43. The van der Waals surface area contributed by atoms with Crippen LogP contribution in [0.4, 0.5) is 0 Å². The van der Waals surface area contributed by atoms with Gasteiger partial charge in [0.2, 0.25) is 5.91 Å². The van der Waals surface area contributed by atoms with Crippen LogP contribution < -0.4 is 0 Å². The maximum atomic E-state index is 12.7. The predicted molar refractivity (Wildman–Crippen MR) is 107 cm³/mol. The third-order valence-electron chi connectivity index (χ3n) is 5.62. The van der Waals surface area contributed by atoms with Gasteiger partial charge in [-0.1, -0.05) is 60.7 Å². The standard InChI is InChI=1S/C23H27NO4/c25-20-14-15-24(21(26)13-7-12-18-8-3-1-4-9-18)17-23(20,22(27)28)16-19-10-5-2-6-11-19/h1-6,8-11,20,25H,7,12-17H2,(H,27,28)/t20-,23+/m0/s1. The summed E-state index contributed by atoms with van der Waals surface area (Å²) >= 11 is 0. The number of carboxylic acid groups (broad SMARTS) is 1. The molecule has 2 N–H and O–H groups in total. The topological polar surface area (TPSA) is 77.8 Å². The van der Waals surface area contributed by atoms with Crippen LogP contribution in [0.1, 0.15) is 30.4 Å². The number of benzene rings is 2. The van der Waals surface area contributed by atoms with Crippen molar-refractivity contribution in [2.75, 3.05) is 13.1 Å². The number of aliphatic hydroxyl groups excluding tert-OH is 1. The maximum Gasteiger partial charge on any atom is 0.314 e. The highest BCUT2D eigenvalue weighted by atomic mass is 16.4. The molecule has 2 aromatic carbocycles. The SMILES string of the molecule is O=C(CCCc1ccccc1)N1CC[C@H](O)[C@](Cc2ccccc2)(C(=O)O)C1. The molecule has 0 spiro atoms. The monoisotopic (exact) mass is 381 g/mol. The van der Waals surface area contributed by atoms with Gasteiger partial charge >= 0.3 is 5.97 Å². The zero-order valence-corrected chi connectivity index (χ0v) is 16.0. The summed E-state index contributed by atoms with van der Waals surface area (Å²) in [5, 5.41) is 20.5. The molecule has 5 heteroatoms. The second kappa shape index (κ2) is 9.02. The van der Waals surface area contributed by atoms with Crippen molar-refractivity contribution in [3.05, 3.63) is 71.8 Å². The Morgan fingerprint density at radius 3 is 2.21 bits per heavy atom. The van der Waals surface area contributed by atoms with E-state index in [0.29, 0.717) is 13.0 Å². The first-order valence-corrected chi connectivity index (χ1v) is 9.78. The average Bonchev–Trinajstić information content (AvgIpc) is 2.71. The largest absolute Gasteiger partial charge is 0.481 e. The van der Waals surface area contributed by atoms with Crippen molar-refractivity contribution in [3.63, 3.8) is 0 Å². The molecule has 1 heterocycles. The number of amides is 1. The summed E-state index contributed by atoms with van der Waals surface area (Å²) in [6, 6.07) is 19.3. The van der Waals surface area contributed by atoms with Crippen molar-refractivity contribution >= 4 is 11.9 Å². The number of aliphatic hydroxyl groups is 1. The number of aryl methyl sites for hydroxylation is 1. The molecule has 148 valence electrons. The lowest BCUT2D eigenvalue weighted by Gasteiger charge is -2.43. The van der Waals surface area contributed by atoms with Crippen molar-refractivity contribution in [2.24, 2.45) is 5.41 Å². The molecule has 1 aliphatic heterocycles. The van der Waals surface area contributed by atoms with Gasteiger partial charge < -0.3 is 15.1 Å². The van der Waals surface area contributed by atoms with Gasteiger partial charge in [-0.05, 0) is 36.8 Å². The molecule has 0 bridgehead atoms. The summed E-state index contributed by atoms with van der Waals surface area (Å²) in [5.74, 6) is -1.09. The Kier molecular flexibility index (Phi) is 6.47. The highest BCUT2D eigenvalue weighted by Crippen LogP contribution is 2.35. The molecule has 0 aliphatic carbocycles. The molecule has 28 heavy (non-hydrogen) atoms. The maximum absolute atomic E-state index is 12.7. The number of nitrogens with zero attached hydrogens (tertiary/aromatic N) is 1. The summed E-state index contributed by atoms with van der Waals surface area (Å²) < 4.78 is 0. The average molecular weight is 381 g/mol. The first kappa shape index (κ1) is 20.1. The fraction of sp³-hybridized carbons (Fsp3) is 0.391. The number of carbonyl (C=O) groups excluding carboxylic acids is 1. The van der Waals surface area contributed by atoms with E-state index in [2.05, 4.69) is 0 Å². The minimum atomic E-state index is -1.37. The molecule has 2 aromatic rings. The highest BCUT2D eigenvalue weighted by Gasteiger charge is 2.50. The highest BCUT2D eigenvalue weighted by molar-refractivity contribution is 5.80. The molecule has 1 fully saturated rings. The van der Waals surface area contributed by atoms with E-state index >= 15 is 0 Å². The quantitative estimate of drug-likeness (QED) is 0.773. The van der Waals surface area contributed by atoms with Crippen molar-refractivity contribution in [2.45, 2.75) is 38.2 Å². The minimum Gasteiger partial charge on any atom is -0.481 e. The first-order valence-electron chi connectivity index (χ1n) is 9.78. The van der Waals surface area contributed by atoms with Gasteiger partial charge in [0.05, 0.1) is 6.10 Å². The Labute approximate surface area is 165 Å². The van der Waals surface area contributed by atoms with E-state index in [1.54, 1.807) is 4.90 Å². The fourth-order valence-electron chi connectivity index (χ4n) is 3.96. The van der Waals surface area contributed by atoms with E-state index in [0.717, 1.165) is 18.4 Å². The van der Waals surface area contributed by atoms with Crippen LogP contribution in [0.2, 0.25) is 0 Å². The number of rotatable bonds is 7. The van der Waals surface area contributed by atoms with Crippen LogP contribution in [0.25, 0.3) is 0 Å². The zero-order valence-electron chi connectivity index (χ0n) is 16.0. The summed E-state index contributed by atoms with van der Waals surface area (Å²) in [6.45, 7) is 0.442. The second-order valence-corrected chi connectivity index (χ2v) is 7.58. The number of carbonyl (C=O) groups is 2. The molecule has 0 saturated carbocycles. The van der Waals surface area contributed by atoms with Gasteiger partial charge in [-0.3, -0.25) is 9.59 Å². The van der Waals surface area contributed by atoms with E-state index < -0.39 is 17.5 Å². The number of likely N-dealkylation sites (tertiary alicyclic amines) is 1. The van der Waals surface area contributed by atoms with Crippen molar-refractivity contribution in [3.8, 4) is 0 Å². The van der Waals surface area contributed by atoms with E-state index in [1.807, 2.05) is 60.7 Å². The normalized spacial score (nSPS) is 22.0. The Morgan fingerprint density at radius 2 is 1.61 bits per heavy atom. The van der Waals surface area contributed by atoms with Gasteiger partial charge in [-0.2, -0.15) is 0 Å². The van der Waals surface area contributed by atoms with Crippen LogP contribution in [-0.4, -0.2) is 46.2 Å². The molecular weight excluding hydrogens is 354 g/mol. The van der Waals surface area contributed by atoms with Gasteiger partial charge in [-0.25, -0.2) is 0 Å². The van der Waals surface area contributed by atoms with Crippen LogP contribution in [0, 0.1) is 5.41 Å². The second-order valence-electron chi connectivity index (χ2n) is 7.58. The van der Waals surface area contributed by atoms with Gasteiger partial charge in [-0.15, -0.1) is 0 Å². The Morgan fingerprint density at radius 1 is 1.00 bits per heavy atom. The van der Waals surface area contributed by atoms with Crippen LogP contribution in [0.3, 0.4) is 0 Å². The summed E-state index contributed by atoms with van der Waals surface area (Å²) in [5.41, 5.74) is 0.671. The lowest BCUT2D eigenvalue weighted by Crippen LogP contribution is -2.58. The number of piperidine rings is 1. The number of carboxylic acids is 1. The molecule has 0 radical (unpaired) electrons. The third kappa shape index (κ3) is 4.60. The molecule has 1 aliphatic rings. The zero-order chi connectivity index (χ0) is 20.0. The molecular formula is C23H27NO4. The molecule has 1 saturated heterocycles. The van der Waals surface area contributed by atoms with E-state index in [9.17, 15) is 19.8 Å². The van der Waals surface area contributed by atoms with Gasteiger partial charge in [0.15, 0.2) is 0 Å². The van der Waals surface area contributed by atoms with Crippen molar-refractivity contribution < 1.29 is 19.8 Å². The van der Waals surface area contributed by atoms with Crippen molar-refractivity contribution in [1.82, 2.24) is 4.90 Å². The van der Waals surface area contributed by atoms with Crippen LogP contribution in [0.15, 0.2) is 60.7 Å². The van der Waals surface area contributed by atoms with Gasteiger partial charge in [0, 0.05) is 19.5 Å². The predicted octanol–water partition coefficient (Wildman–Crippen LogP) is 2.92. The molecule has 2 atom stereocenters. The van der Waals surface area contributed by atoms with Crippen LogP contribution in [-0.2, 0) is 22.4 Å². The molecule has 1 amide bonds. The number of aliphatic carboxylic acids is 1. The molecule has 3 rings (SSSR count). The summed E-state index contributed by atoms with van der Waals surface area (Å²) in [4.78, 5) is 26.5. The van der Waals surface area contributed by atoms with Crippen molar-refractivity contribution in [1.29, 1.82) is 0 Å². The van der Waals surface area contributed by atoms with Gasteiger partial charge in [0.25, 0.3) is 0 Å². The van der Waals surface area contributed by atoms with E-state index in [1.165, 1.54) is 5.56 Å². The Balaban J connectivity index is 1.65. The summed E-state index contributed by atoms with van der Waals surface area (Å²) in [7, 11) is 0. The Bertz CT molecular complexity index is 793. The van der Waals surface area contributed by atoms with Crippen LogP contribution in [0.5, 0.6) is 0 Å². The van der Waals surface area contributed by atoms with Gasteiger partial charge in [0.1, 0.15) is 5.41 Å². The minimum absolute atomic E-state index is 0.0403. The van der Waals surface area contributed by atoms with E-state index in [4.69, 9.17) is 0 Å². The fourth-order valence-corrected chi connectivity index (χ4v) is 3.96. The molecule has 5 nitrogen and oxygen atoms in total. The molecule has 0 unspecified atom stereocenters. The van der Waals surface area contributed by atoms with Crippen LogP contribution >= 0.6 is 0 Å². The third-order valence-corrected chi connectivity index (χ3v) is 5.62. The first-order chi connectivity index (χ1) is 13.5. The lowest BCUT2D eigenvalue weighted by atomic mass is 9.72. The number of hydrogen-bond donors (Lipinski definition) is 2. The Hall–Kier alpha value is -2.66.